The van der Waals surface area contributed by atoms with Crippen LogP contribution >= 0.6 is 0 Å². The van der Waals surface area contributed by atoms with Crippen molar-refractivity contribution in [2.75, 3.05) is 7.11 Å². The third kappa shape index (κ3) is 1.76. The van der Waals surface area contributed by atoms with Crippen LogP contribution in [0.25, 0.3) is 0 Å². The Morgan fingerprint density at radius 2 is 2.33 bits per heavy atom. The normalized spacial score (nSPS) is 22.6. The molecule has 0 saturated heterocycles. The van der Waals surface area contributed by atoms with Gasteiger partial charge in [0, 0.05) is 0 Å². The van der Waals surface area contributed by atoms with Crippen LogP contribution in [0.3, 0.4) is 0 Å². The summed E-state index contributed by atoms with van der Waals surface area (Å²) in [5.41, 5.74) is 2.11. The van der Waals surface area contributed by atoms with E-state index in [-0.39, 0.29) is 6.04 Å². The predicted octanol–water partition coefficient (Wildman–Crippen LogP) is 1.51. The lowest BCUT2D eigenvalue weighted by molar-refractivity contribution is 0.0919. The number of aromatic nitrogens is 3. The van der Waals surface area contributed by atoms with Gasteiger partial charge in [-0.15, -0.1) is 0 Å². The molecule has 5 heteroatoms. The van der Waals surface area contributed by atoms with Gasteiger partial charge < -0.3 is 9.84 Å². The number of hydrogen-bond donors (Lipinski definition) is 1. The van der Waals surface area contributed by atoms with Gasteiger partial charge in [0.25, 0.3) is 0 Å². The summed E-state index contributed by atoms with van der Waals surface area (Å²) in [6, 6.07) is 5.78. The number of rotatable bonds is 2. The Kier molecular flexibility index (Phi) is 2.76. The molecule has 2 aromatic rings. The van der Waals surface area contributed by atoms with Crippen LogP contribution in [-0.2, 0) is 6.42 Å². The molecule has 2 atom stereocenters. The van der Waals surface area contributed by atoms with Gasteiger partial charge in [-0.2, -0.15) is 5.10 Å². The van der Waals surface area contributed by atoms with E-state index in [2.05, 4.69) is 10.1 Å². The monoisotopic (exact) mass is 245 g/mol. The Balaban J connectivity index is 1.95. The Morgan fingerprint density at radius 1 is 1.44 bits per heavy atom. The van der Waals surface area contributed by atoms with Crippen LogP contribution < -0.4 is 4.74 Å². The van der Waals surface area contributed by atoms with Crippen LogP contribution in [0, 0.1) is 0 Å². The van der Waals surface area contributed by atoms with Gasteiger partial charge in [-0.25, -0.2) is 9.67 Å². The molecule has 0 spiro atoms. The van der Waals surface area contributed by atoms with Crippen LogP contribution in [0.2, 0.25) is 0 Å². The van der Waals surface area contributed by atoms with Gasteiger partial charge in [-0.3, -0.25) is 0 Å². The molecule has 0 bridgehead atoms. The molecule has 5 nitrogen and oxygen atoms in total. The van der Waals surface area contributed by atoms with Crippen LogP contribution in [0.4, 0.5) is 0 Å². The largest absolute Gasteiger partial charge is 0.497 e. The molecule has 0 radical (unpaired) electrons. The molecule has 0 amide bonds. The maximum atomic E-state index is 10.4. The average Bonchev–Trinajstić information content (AvgIpc) is 2.92. The molecule has 1 N–H and O–H groups in total. The number of nitrogens with zero attached hydrogens (tertiary/aromatic N) is 3. The fourth-order valence-electron chi connectivity index (χ4n) is 2.55. The molecule has 94 valence electrons. The lowest BCUT2D eigenvalue weighted by Crippen LogP contribution is -2.24. The lowest BCUT2D eigenvalue weighted by Gasteiger charge is -2.30. The number of hydrogen-bond acceptors (Lipinski definition) is 4. The minimum absolute atomic E-state index is 0.0339. The van der Waals surface area contributed by atoms with Crippen molar-refractivity contribution in [1.29, 1.82) is 0 Å². The second kappa shape index (κ2) is 4.42. The summed E-state index contributed by atoms with van der Waals surface area (Å²) in [7, 11) is 1.65. The van der Waals surface area contributed by atoms with Crippen LogP contribution in [0.1, 0.15) is 29.7 Å². The minimum atomic E-state index is -0.540. The molecule has 1 aromatic carbocycles. The zero-order valence-electron chi connectivity index (χ0n) is 10.2. The van der Waals surface area contributed by atoms with E-state index in [4.69, 9.17) is 4.74 Å². The predicted molar refractivity (Wildman–Crippen MR) is 65.3 cm³/mol. The Hall–Kier alpha value is -1.88. The molecule has 0 aliphatic heterocycles. The van der Waals surface area contributed by atoms with Gasteiger partial charge in [-0.05, 0) is 36.1 Å². The average molecular weight is 245 g/mol. The van der Waals surface area contributed by atoms with Crippen LogP contribution in [-0.4, -0.2) is 27.0 Å². The SMILES string of the molecule is COc1ccc2c(c1)CCC(n1cncn1)C2O. The van der Waals surface area contributed by atoms with Gasteiger partial charge in [0.1, 0.15) is 24.5 Å². The van der Waals surface area contributed by atoms with E-state index in [1.807, 2.05) is 18.2 Å². The molecule has 2 unspecified atom stereocenters. The summed E-state index contributed by atoms with van der Waals surface area (Å²) < 4.78 is 6.94. The van der Waals surface area contributed by atoms with E-state index >= 15 is 0 Å². The third-order valence-electron chi connectivity index (χ3n) is 3.52. The fraction of sp³-hybridized carbons (Fsp3) is 0.385. The second-order valence-corrected chi connectivity index (χ2v) is 4.49. The summed E-state index contributed by atoms with van der Waals surface area (Å²) in [6.45, 7) is 0. The van der Waals surface area contributed by atoms with Gasteiger partial charge in [0.05, 0.1) is 13.2 Å². The maximum absolute atomic E-state index is 10.4. The van der Waals surface area contributed by atoms with E-state index in [1.54, 1.807) is 18.1 Å². The van der Waals surface area contributed by atoms with Crippen molar-refractivity contribution in [3.63, 3.8) is 0 Å². The van der Waals surface area contributed by atoms with Gasteiger partial charge in [0.2, 0.25) is 0 Å². The first-order valence-electron chi connectivity index (χ1n) is 5.98. The number of aryl methyl sites for hydroxylation is 1. The summed E-state index contributed by atoms with van der Waals surface area (Å²) in [5, 5.41) is 14.5. The van der Waals surface area contributed by atoms with Crippen LogP contribution in [0.15, 0.2) is 30.9 Å². The van der Waals surface area contributed by atoms with E-state index < -0.39 is 6.10 Å². The molecule has 1 aromatic heterocycles. The second-order valence-electron chi connectivity index (χ2n) is 4.49. The summed E-state index contributed by atoms with van der Waals surface area (Å²) in [5.74, 6) is 0.833. The first kappa shape index (κ1) is 11.2. The molecule has 18 heavy (non-hydrogen) atoms. The van der Waals surface area contributed by atoms with E-state index in [1.165, 1.54) is 6.33 Å². The van der Waals surface area contributed by atoms with Crippen molar-refractivity contribution in [2.24, 2.45) is 0 Å². The van der Waals surface area contributed by atoms with Gasteiger partial charge in [-0.1, -0.05) is 6.07 Å². The van der Waals surface area contributed by atoms with E-state index in [9.17, 15) is 5.11 Å². The molecule has 3 rings (SSSR count). The number of fused-ring (bicyclic) bond motifs is 1. The van der Waals surface area contributed by atoms with E-state index in [0.717, 1.165) is 29.7 Å². The molecule has 0 saturated carbocycles. The maximum Gasteiger partial charge on any atom is 0.137 e. The van der Waals surface area contributed by atoms with Crippen molar-refractivity contribution in [3.8, 4) is 5.75 Å². The van der Waals surface area contributed by atoms with Gasteiger partial charge >= 0.3 is 0 Å². The topological polar surface area (TPSA) is 60.2 Å². The van der Waals surface area contributed by atoms with Crippen molar-refractivity contribution in [3.05, 3.63) is 42.0 Å². The van der Waals surface area contributed by atoms with Crippen molar-refractivity contribution in [1.82, 2.24) is 14.8 Å². The van der Waals surface area contributed by atoms with Crippen molar-refractivity contribution in [2.45, 2.75) is 25.0 Å². The first-order chi connectivity index (χ1) is 8.79. The Morgan fingerprint density at radius 3 is 3.06 bits per heavy atom. The summed E-state index contributed by atoms with van der Waals surface area (Å²) >= 11 is 0. The highest BCUT2D eigenvalue weighted by Gasteiger charge is 2.29. The van der Waals surface area contributed by atoms with Gasteiger partial charge in [0.15, 0.2) is 0 Å². The number of methoxy groups -OCH3 is 1. The molecule has 1 heterocycles. The highest BCUT2D eigenvalue weighted by Crippen LogP contribution is 2.38. The Bertz CT molecular complexity index is 539. The minimum Gasteiger partial charge on any atom is -0.497 e. The molecular formula is C13H15N3O2. The van der Waals surface area contributed by atoms with Crippen LogP contribution in [0.5, 0.6) is 5.75 Å². The standard InChI is InChI=1S/C13H15N3O2/c1-18-10-3-4-11-9(6-10)2-5-12(13(11)17)16-8-14-7-15-16/h3-4,6-8,12-13,17H,2,5H2,1H3. The third-order valence-corrected chi connectivity index (χ3v) is 3.52. The molecule has 1 aliphatic carbocycles. The first-order valence-corrected chi connectivity index (χ1v) is 5.98. The quantitative estimate of drug-likeness (QED) is 0.871. The smallest absolute Gasteiger partial charge is 0.137 e. The van der Waals surface area contributed by atoms with Crippen molar-refractivity contribution >= 4 is 0 Å². The number of benzene rings is 1. The van der Waals surface area contributed by atoms with Crippen molar-refractivity contribution < 1.29 is 9.84 Å². The highest BCUT2D eigenvalue weighted by molar-refractivity contribution is 5.39. The lowest BCUT2D eigenvalue weighted by atomic mass is 9.86. The summed E-state index contributed by atoms with van der Waals surface area (Å²) in [4.78, 5) is 3.94. The zero-order chi connectivity index (χ0) is 12.5. The number of aliphatic hydroxyl groups excluding tert-OH is 1. The molecular weight excluding hydrogens is 230 g/mol. The number of ether oxygens (including phenoxy) is 1. The highest BCUT2D eigenvalue weighted by atomic mass is 16.5. The van der Waals surface area contributed by atoms with E-state index in [0.29, 0.717) is 0 Å². The number of aliphatic hydroxyl groups is 1. The zero-order valence-corrected chi connectivity index (χ0v) is 10.2. The molecule has 1 aliphatic rings. The molecule has 0 fully saturated rings. The summed E-state index contributed by atoms with van der Waals surface area (Å²) in [6.07, 6.45) is 4.37. The Labute approximate surface area is 105 Å². The fourth-order valence-corrected chi connectivity index (χ4v) is 2.55.